The van der Waals surface area contributed by atoms with Crippen molar-refractivity contribution in [3.8, 4) is 0 Å². The van der Waals surface area contributed by atoms with Crippen molar-refractivity contribution < 1.29 is 13.2 Å². The maximum absolute atomic E-state index is 11.2. The van der Waals surface area contributed by atoms with E-state index in [4.69, 9.17) is 4.74 Å². The summed E-state index contributed by atoms with van der Waals surface area (Å²) in [6.45, 7) is 4.16. The molecule has 0 spiro atoms. The molecular weight excluding hydrogens is 228 g/mol. The van der Waals surface area contributed by atoms with Crippen LogP contribution in [0.1, 0.15) is 6.42 Å². The molecular formula is C10H22N2O3S. The third-order valence-corrected chi connectivity index (χ3v) is 4.56. The van der Waals surface area contributed by atoms with Crippen molar-refractivity contribution in [2.75, 3.05) is 51.4 Å². The number of sulfone groups is 1. The van der Waals surface area contributed by atoms with Gasteiger partial charge in [-0.3, -0.25) is 0 Å². The van der Waals surface area contributed by atoms with Gasteiger partial charge in [0, 0.05) is 26.7 Å². The van der Waals surface area contributed by atoms with Gasteiger partial charge in [0.1, 0.15) is 0 Å². The molecule has 0 aromatic heterocycles. The summed E-state index contributed by atoms with van der Waals surface area (Å²) in [6, 6.07) is 0. The Hall–Kier alpha value is -0.170. The minimum atomic E-state index is -2.72. The van der Waals surface area contributed by atoms with Gasteiger partial charge in [0.05, 0.1) is 18.1 Å². The van der Waals surface area contributed by atoms with E-state index in [1.165, 1.54) is 0 Å². The van der Waals surface area contributed by atoms with Crippen molar-refractivity contribution in [1.82, 2.24) is 10.6 Å². The topological polar surface area (TPSA) is 67.4 Å². The van der Waals surface area contributed by atoms with Crippen LogP contribution < -0.4 is 10.6 Å². The van der Waals surface area contributed by atoms with Gasteiger partial charge >= 0.3 is 0 Å². The fourth-order valence-electron chi connectivity index (χ4n) is 1.82. The smallest absolute Gasteiger partial charge is 0.150 e. The molecule has 0 amide bonds. The van der Waals surface area contributed by atoms with Crippen molar-refractivity contribution >= 4 is 9.84 Å². The van der Waals surface area contributed by atoms with Crippen LogP contribution in [0.5, 0.6) is 0 Å². The fraction of sp³-hybridized carbons (Fsp3) is 1.00. The van der Waals surface area contributed by atoms with Crippen LogP contribution in [0.25, 0.3) is 0 Å². The highest BCUT2D eigenvalue weighted by atomic mass is 32.2. The Morgan fingerprint density at radius 3 is 2.62 bits per heavy atom. The summed E-state index contributed by atoms with van der Waals surface area (Å²) in [5.74, 6) is 1.03. The van der Waals surface area contributed by atoms with E-state index in [1.54, 1.807) is 7.11 Å². The standard InChI is InChI=1S/C10H22N2O3S/c1-15-6-5-11-3-4-12-8-10-2-7-16(13,14)9-10/h10-12H,2-9H2,1H3. The molecule has 1 rings (SSSR count). The van der Waals surface area contributed by atoms with Crippen LogP contribution in [0.2, 0.25) is 0 Å². The normalized spacial score (nSPS) is 23.7. The SMILES string of the molecule is COCCNCCNCC1CCS(=O)(=O)C1. The number of rotatable bonds is 8. The predicted molar refractivity (Wildman–Crippen MR) is 64.4 cm³/mol. The Bertz CT molecular complexity index is 280. The van der Waals surface area contributed by atoms with Crippen molar-refractivity contribution in [2.24, 2.45) is 5.92 Å². The van der Waals surface area contributed by atoms with E-state index in [0.717, 1.165) is 39.2 Å². The van der Waals surface area contributed by atoms with Crippen molar-refractivity contribution in [1.29, 1.82) is 0 Å². The lowest BCUT2D eigenvalue weighted by Gasteiger charge is -2.09. The summed E-state index contributed by atoms with van der Waals surface area (Å²) >= 11 is 0. The highest BCUT2D eigenvalue weighted by Gasteiger charge is 2.27. The van der Waals surface area contributed by atoms with Gasteiger partial charge < -0.3 is 15.4 Å². The molecule has 1 heterocycles. The molecule has 1 aliphatic rings. The van der Waals surface area contributed by atoms with Gasteiger partial charge in [-0.1, -0.05) is 0 Å². The van der Waals surface area contributed by atoms with Gasteiger partial charge in [0.25, 0.3) is 0 Å². The summed E-state index contributed by atoms with van der Waals surface area (Å²) in [5.41, 5.74) is 0. The first-order valence-corrected chi connectivity index (χ1v) is 7.57. The van der Waals surface area contributed by atoms with Crippen LogP contribution in [0.3, 0.4) is 0 Å². The minimum Gasteiger partial charge on any atom is -0.383 e. The van der Waals surface area contributed by atoms with Crippen LogP contribution >= 0.6 is 0 Å². The summed E-state index contributed by atoms with van der Waals surface area (Å²) in [5, 5.41) is 6.50. The van der Waals surface area contributed by atoms with Crippen LogP contribution in [0.15, 0.2) is 0 Å². The van der Waals surface area contributed by atoms with E-state index >= 15 is 0 Å². The maximum atomic E-state index is 11.2. The second-order valence-electron chi connectivity index (χ2n) is 4.22. The molecule has 6 heteroatoms. The minimum absolute atomic E-state index is 0.309. The van der Waals surface area contributed by atoms with Crippen molar-refractivity contribution in [2.45, 2.75) is 6.42 Å². The third kappa shape index (κ3) is 5.79. The maximum Gasteiger partial charge on any atom is 0.150 e. The molecule has 16 heavy (non-hydrogen) atoms. The van der Waals surface area contributed by atoms with Crippen LogP contribution in [0.4, 0.5) is 0 Å². The van der Waals surface area contributed by atoms with Gasteiger partial charge in [0.2, 0.25) is 0 Å². The molecule has 0 bridgehead atoms. The number of hydrogen-bond donors (Lipinski definition) is 2. The van der Waals surface area contributed by atoms with E-state index in [9.17, 15) is 8.42 Å². The van der Waals surface area contributed by atoms with Gasteiger partial charge in [-0.15, -0.1) is 0 Å². The molecule has 0 radical (unpaired) electrons. The molecule has 1 unspecified atom stereocenters. The number of nitrogens with one attached hydrogen (secondary N) is 2. The van der Waals surface area contributed by atoms with E-state index < -0.39 is 9.84 Å². The average Bonchev–Trinajstić information content (AvgIpc) is 2.57. The predicted octanol–water partition coefficient (Wildman–Crippen LogP) is -0.753. The zero-order valence-corrected chi connectivity index (χ0v) is 10.7. The van der Waals surface area contributed by atoms with Gasteiger partial charge in [-0.25, -0.2) is 8.42 Å². The molecule has 1 fully saturated rings. The lowest BCUT2D eigenvalue weighted by Crippen LogP contribution is -2.32. The molecule has 5 nitrogen and oxygen atoms in total. The molecule has 0 aliphatic carbocycles. The van der Waals surface area contributed by atoms with E-state index in [0.29, 0.717) is 17.4 Å². The average molecular weight is 250 g/mol. The first kappa shape index (κ1) is 13.9. The Kier molecular flexibility index (Phi) is 6.26. The second-order valence-corrected chi connectivity index (χ2v) is 6.44. The monoisotopic (exact) mass is 250 g/mol. The highest BCUT2D eigenvalue weighted by Crippen LogP contribution is 2.16. The molecule has 2 N–H and O–H groups in total. The first-order valence-electron chi connectivity index (χ1n) is 5.75. The molecule has 0 saturated carbocycles. The number of ether oxygens (including phenoxy) is 1. The summed E-state index contributed by atoms with van der Waals surface area (Å²) in [4.78, 5) is 0. The fourth-order valence-corrected chi connectivity index (χ4v) is 3.68. The zero-order valence-electron chi connectivity index (χ0n) is 9.87. The lowest BCUT2D eigenvalue weighted by atomic mass is 10.1. The molecule has 0 aromatic rings. The number of methoxy groups -OCH3 is 1. The van der Waals surface area contributed by atoms with Gasteiger partial charge in [0.15, 0.2) is 9.84 Å². The van der Waals surface area contributed by atoms with Crippen LogP contribution in [0, 0.1) is 5.92 Å². The molecule has 1 atom stereocenters. The lowest BCUT2D eigenvalue weighted by molar-refractivity contribution is 0.199. The van der Waals surface area contributed by atoms with Crippen molar-refractivity contribution in [3.63, 3.8) is 0 Å². The number of hydrogen-bond acceptors (Lipinski definition) is 5. The van der Waals surface area contributed by atoms with Crippen molar-refractivity contribution in [3.05, 3.63) is 0 Å². The van der Waals surface area contributed by atoms with Gasteiger partial charge in [-0.2, -0.15) is 0 Å². The zero-order chi connectivity index (χ0) is 11.9. The van der Waals surface area contributed by atoms with Crippen LogP contribution in [-0.2, 0) is 14.6 Å². The summed E-state index contributed by atoms with van der Waals surface area (Å²) in [6.07, 6.45) is 0.812. The van der Waals surface area contributed by atoms with E-state index in [-0.39, 0.29) is 0 Å². The second kappa shape index (κ2) is 7.21. The van der Waals surface area contributed by atoms with Crippen LogP contribution in [-0.4, -0.2) is 59.8 Å². The first-order chi connectivity index (χ1) is 7.64. The molecule has 96 valence electrons. The Balaban J connectivity index is 1.92. The largest absolute Gasteiger partial charge is 0.383 e. The highest BCUT2D eigenvalue weighted by molar-refractivity contribution is 7.91. The Morgan fingerprint density at radius 2 is 2.00 bits per heavy atom. The summed E-state index contributed by atoms with van der Waals surface area (Å²) in [7, 11) is -1.04. The molecule has 1 saturated heterocycles. The van der Waals surface area contributed by atoms with E-state index in [2.05, 4.69) is 10.6 Å². The Morgan fingerprint density at radius 1 is 1.25 bits per heavy atom. The van der Waals surface area contributed by atoms with E-state index in [1.807, 2.05) is 0 Å². The third-order valence-electron chi connectivity index (χ3n) is 2.72. The molecule has 0 aromatic carbocycles. The quantitative estimate of drug-likeness (QED) is 0.555. The summed E-state index contributed by atoms with van der Waals surface area (Å²) < 4.78 is 27.3. The molecule has 1 aliphatic heterocycles. The Labute approximate surface area is 97.9 Å². The van der Waals surface area contributed by atoms with Gasteiger partial charge in [-0.05, 0) is 18.9 Å².